The van der Waals surface area contributed by atoms with Crippen LogP contribution in [0.2, 0.25) is 0 Å². The molecule has 2 aromatic heterocycles. The van der Waals surface area contributed by atoms with Crippen molar-refractivity contribution < 1.29 is 9.18 Å². The summed E-state index contributed by atoms with van der Waals surface area (Å²) in [6, 6.07) is 7.68. The van der Waals surface area contributed by atoms with Crippen LogP contribution in [-0.4, -0.2) is 51.3 Å². The van der Waals surface area contributed by atoms with Gasteiger partial charge in [-0.25, -0.2) is 9.37 Å². The lowest BCUT2D eigenvalue weighted by atomic mass is 9.92. The predicted molar refractivity (Wildman–Crippen MR) is 109 cm³/mol. The van der Waals surface area contributed by atoms with Gasteiger partial charge in [0.25, 0.3) is 5.91 Å². The van der Waals surface area contributed by atoms with Crippen LogP contribution in [0.5, 0.6) is 0 Å². The van der Waals surface area contributed by atoms with Crippen molar-refractivity contribution in [1.82, 2.24) is 20.1 Å². The highest BCUT2D eigenvalue weighted by molar-refractivity contribution is 7.14. The number of likely N-dealkylation sites (tertiary alicyclic amines) is 1. The zero-order valence-electron chi connectivity index (χ0n) is 15.9. The van der Waals surface area contributed by atoms with E-state index in [1.54, 1.807) is 12.3 Å². The molecule has 1 N–H and O–H groups in total. The van der Waals surface area contributed by atoms with E-state index in [0.29, 0.717) is 18.9 Å². The number of hydrogen-bond donors (Lipinski definition) is 1. The Morgan fingerprint density at radius 2 is 2.04 bits per heavy atom. The van der Waals surface area contributed by atoms with E-state index >= 15 is 4.39 Å². The van der Waals surface area contributed by atoms with Crippen LogP contribution < -0.4 is 5.32 Å². The number of carbonyl (C=O) groups is 1. The Labute approximate surface area is 166 Å². The number of halogens is 1. The van der Waals surface area contributed by atoms with E-state index in [-0.39, 0.29) is 12.8 Å². The highest BCUT2D eigenvalue weighted by Gasteiger charge is 2.41. The number of rotatable bonds is 4. The molecule has 3 heterocycles. The summed E-state index contributed by atoms with van der Waals surface area (Å²) in [7, 11) is 0. The molecule has 1 amide bonds. The molecule has 28 heavy (non-hydrogen) atoms. The molecule has 4 rings (SSSR count). The van der Waals surface area contributed by atoms with E-state index in [0.717, 1.165) is 32.9 Å². The third kappa shape index (κ3) is 3.74. The average Bonchev–Trinajstić information content (AvgIpc) is 3.14. The van der Waals surface area contributed by atoms with Gasteiger partial charge in [-0.2, -0.15) is 0 Å². The molecule has 0 aliphatic carbocycles. The number of pyridine rings is 1. The summed E-state index contributed by atoms with van der Waals surface area (Å²) in [4.78, 5) is 19.0. The minimum absolute atomic E-state index is 0.209. The van der Waals surface area contributed by atoms with Gasteiger partial charge in [-0.3, -0.25) is 4.79 Å². The molecule has 146 valence electrons. The zero-order valence-corrected chi connectivity index (χ0v) is 16.7. The maximum Gasteiger partial charge on any atom is 0.263 e. The van der Waals surface area contributed by atoms with E-state index in [2.05, 4.69) is 25.4 Å². The van der Waals surface area contributed by atoms with Crippen LogP contribution in [0.1, 0.15) is 24.8 Å². The van der Waals surface area contributed by atoms with Crippen molar-refractivity contribution >= 4 is 33.8 Å². The number of benzene rings is 1. The second kappa shape index (κ2) is 7.52. The molecule has 1 aliphatic heterocycles. The van der Waals surface area contributed by atoms with E-state index in [9.17, 15) is 4.79 Å². The van der Waals surface area contributed by atoms with Crippen molar-refractivity contribution in [3.05, 3.63) is 35.5 Å². The van der Waals surface area contributed by atoms with Crippen LogP contribution >= 0.6 is 11.3 Å². The van der Waals surface area contributed by atoms with Gasteiger partial charge in [0.2, 0.25) is 0 Å². The largest absolute Gasteiger partial charge is 0.308 e. The molecular formula is C20H22FN5OS. The number of aromatic nitrogens is 3. The van der Waals surface area contributed by atoms with Crippen molar-refractivity contribution in [3.63, 3.8) is 0 Å². The monoisotopic (exact) mass is 399 g/mol. The fourth-order valence-corrected chi connectivity index (χ4v) is 4.12. The van der Waals surface area contributed by atoms with Crippen LogP contribution in [-0.2, 0) is 4.79 Å². The molecule has 8 heteroatoms. The Morgan fingerprint density at radius 1 is 1.25 bits per heavy atom. The number of amides is 1. The molecule has 6 nitrogen and oxygen atoms in total. The molecule has 0 bridgehead atoms. The summed E-state index contributed by atoms with van der Waals surface area (Å²) >= 11 is 1.52. The van der Waals surface area contributed by atoms with Crippen LogP contribution in [0.4, 0.5) is 10.2 Å². The summed E-state index contributed by atoms with van der Waals surface area (Å²) in [5.74, 6) is -0.246. The van der Waals surface area contributed by atoms with Crippen molar-refractivity contribution in [2.75, 3.05) is 25.0 Å². The molecule has 1 fully saturated rings. The van der Waals surface area contributed by atoms with Crippen molar-refractivity contribution in [2.45, 2.75) is 32.4 Å². The number of nitrogens with zero attached hydrogens (tertiary/aromatic N) is 4. The highest BCUT2D eigenvalue weighted by Crippen LogP contribution is 2.30. The van der Waals surface area contributed by atoms with Gasteiger partial charge in [0.15, 0.2) is 5.67 Å². The SMILES string of the molecule is CCN1CCC(F)(C(=O)Nc2cc3cc(-c4nnc(C)s4)ccc3cn2)CC1. The number of hydrogen-bond acceptors (Lipinski definition) is 6. The molecule has 0 unspecified atom stereocenters. The molecule has 1 aromatic carbocycles. The van der Waals surface area contributed by atoms with Gasteiger partial charge in [0.1, 0.15) is 15.8 Å². The molecule has 0 spiro atoms. The summed E-state index contributed by atoms with van der Waals surface area (Å²) in [6.45, 7) is 6.02. The first-order valence-corrected chi connectivity index (χ1v) is 10.2. The summed E-state index contributed by atoms with van der Waals surface area (Å²) in [5.41, 5.74) is -0.885. The fraction of sp³-hybridized carbons (Fsp3) is 0.400. The number of piperidine rings is 1. The van der Waals surface area contributed by atoms with E-state index in [1.807, 2.05) is 32.0 Å². The van der Waals surface area contributed by atoms with Crippen molar-refractivity contribution in [1.29, 1.82) is 0 Å². The first-order valence-electron chi connectivity index (χ1n) is 9.40. The van der Waals surface area contributed by atoms with Crippen LogP contribution in [0.15, 0.2) is 30.5 Å². The van der Waals surface area contributed by atoms with Gasteiger partial charge >= 0.3 is 0 Å². The lowest BCUT2D eigenvalue weighted by Gasteiger charge is -2.34. The van der Waals surface area contributed by atoms with Gasteiger partial charge in [0, 0.05) is 43.1 Å². The third-order valence-electron chi connectivity index (χ3n) is 5.24. The Morgan fingerprint density at radius 3 is 2.71 bits per heavy atom. The molecule has 1 saturated heterocycles. The van der Waals surface area contributed by atoms with Crippen LogP contribution in [0.3, 0.4) is 0 Å². The highest BCUT2D eigenvalue weighted by atomic mass is 32.1. The molecule has 3 aromatic rings. The van der Waals surface area contributed by atoms with E-state index in [4.69, 9.17) is 0 Å². The Balaban J connectivity index is 1.54. The maximum atomic E-state index is 15.1. The molecular weight excluding hydrogens is 377 g/mol. The number of anilines is 1. The normalized spacial score (nSPS) is 17.0. The number of fused-ring (bicyclic) bond motifs is 1. The fourth-order valence-electron chi connectivity index (χ4n) is 3.43. The Bertz CT molecular complexity index is 1010. The summed E-state index contributed by atoms with van der Waals surface area (Å²) in [6.07, 6.45) is 2.10. The lowest BCUT2D eigenvalue weighted by molar-refractivity contribution is -0.130. The topological polar surface area (TPSA) is 71.0 Å². The number of aryl methyl sites for hydroxylation is 1. The minimum Gasteiger partial charge on any atom is -0.308 e. The maximum absolute atomic E-state index is 15.1. The molecule has 0 radical (unpaired) electrons. The standard InChI is InChI=1S/C20H22FN5OS/c1-3-26-8-6-20(21,7-9-26)19(27)23-17-11-16-10-14(4-5-15(16)12-22-17)18-25-24-13(2)28-18/h4-5,10-12H,3,6-9H2,1-2H3,(H,22,23,27). The van der Waals surface area contributed by atoms with Crippen molar-refractivity contribution in [3.8, 4) is 10.6 Å². The Hall–Kier alpha value is -2.45. The number of alkyl halides is 1. The second-order valence-electron chi connectivity index (χ2n) is 7.11. The van der Waals surface area contributed by atoms with Crippen LogP contribution in [0, 0.1) is 6.92 Å². The number of carbonyl (C=O) groups excluding carboxylic acids is 1. The first-order chi connectivity index (χ1) is 13.5. The zero-order chi connectivity index (χ0) is 19.7. The van der Waals surface area contributed by atoms with Gasteiger partial charge in [-0.1, -0.05) is 30.4 Å². The molecule has 0 saturated carbocycles. The van der Waals surface area contributed by atoms with Crippen molar-refractivity contribution in [2.24, 2.45) is 0 Å². The van der Waals surface area contributed by atoms with Gasteiger partial charge < -0.3 is 10.2 Å². The Kier molecular flexibility index (Phi) is 5.07. The van der Waals surface area contributed by atoms with Crippen LogP contribution in [0.25, 0.3) is 21.3 Å². The summed E-state index contributed by atoms with van der Waals surface area (Å²) < 4.78 is 15.1. The summed E-state index contributed by atoms with van der Waals surface area (Å²) in [5, 5.41) is 14.5. The van der Waals surface area contributed by atoms with E-state index < -0.39 is 11.6 Å². The van der Waals surface area contributed by atoms with Gasteiger partial charge in [-0.15, -0.1) is 10.2 Å². The second-order valence-corrected chi connectivity index (χ2v) is 8.29. The first kappa shape index (κ1) is 18.9. The van der Waals surface area contributed by atoms with Gasteiger partial charge in [-0.05, 0) is 31.0 Å². The number of nitrogens with one attached hydrogen (secondary N) is 1. The average molecular weight is 399 g/mol. The third-order valence-corrected chi connectivity index (χ3v) is 6.13. The quantitative estimate of drug-likeness (QED) is 0.722. The minimum atomic E-state index is -1.84. The molecule has 0 atom stereocenters. The van der Waals surface area contributed by atoms with Gasteiger partial charge in [0.05, 0.1) is 0 Å². The predicted octanol–water partition coefficient (Wildman–Crippen LogP) is 3.82. The van der Waals surface area contributed by atoms with E-state index in [1.165, 1.54) is 11.3 Å². The smallest absolute Gasteiger partial charge is 0.263 e. The molecule has 1 aliphatic rings. The lowest BCUT2D eigenvalue weighted by Crippen LogP contribution is -2.48.